The van der Waals surface area contributed by atoms with Crippen LogP contribution in [-0.4, -0.2) is 51.5 Å². The van der Waals surface area contributed by atoms with Gasteiger partial charge in [0.15, 0.2) is 0 Å². The van der Waals surface area contributed by atoms with Gasteiger partial charge in [-0.2, -0.15) is 0 Å². The van der Waals surface area contributed by atoms with Crippen molar-refractivity contribution in [3.8, 4) is 0 Å². The lowest BCUT2D eigenvalue weighted by Crippen LogP contribution is -2.41. The molecule has 5 heteroatoms. The summed E-state index contributed by atoms with van der Waals surface area (Å²) >= 11 is 0. The lowest BCUT2D eigenvalue weighted by molar-refractivity contribution is 0.0600. The molecule has 0 amide bonds. The topological polar surface area (TPSA) is 41.9 Å². The zero-order valence-electron chi connectivity index (χ0n) is 16.8. The van der Waals surface area contributed by atoms with Gasteiger partial charge in [0.2, 0.25) is 0 Å². The van der Waals surface area contributed by atoms with Crippen LogP contribution in [0, 0.1) is 0 Å². The predicted molar refractivity (Wildman–Crippen MR) is 115 cm³/mol. The Morgan fingerprint density at radius 3 is 2.52 bits per heavy atom. The average molecular weight is 383 g/mol. The Hall–Kier alpha value is -2.24. The Bertz CT molecular complexity index is 754. The summed E-state index contributed by atoms with van der Waals surface area (Å²) < 4.78 is 4.77. The first kappa shape index (κ1) is 21.1. The molecular weight excluding hydrogens is 352 g/mol. The van der Waals surface area contributed by atoms with Gasteiger partial charge in [-0.1, -0.05) is 62.1 Å². The molecule has 0 aliphatic heterocycles. The first-order valence-corrected chi connectivity index (χ1v) is 13.0. The summed E-state index contributed by atoms with van der Waals surface area (Å²) in [5, 5.41) is 0. The maximum absolute atomic E-state index is 11.6. The summed E-state index contributed by atoms with van der Waals surface area (Å²) in [4.78, 5) is 18.7. The van der Waals surface area contributed by atoms with Gasteiger partial charge in [0.25, 0.3) is 0 Å². The summed E-state index contributed by atoms with van der Waals surface area (Å²) in [6.07, 6.45) is 2.98. The number of methoxy groups -OCH3 is 1. The molecule has 0 saturated heterocycles. The van der Waals surface area contributed by atoms with Crippen LogP contribution in [0.2, 0.25) is 19.6 Å². The van der Waals surface area contributed by atoms with E-state index in [4.69, 9.17) is 4.74 Å². The number of ether oxygens (including phenoxy) is 1. The van der Waals surface area contributed by atoms with E-state index in [2.05, 4.69) is 59.9 Å². The molecule has 2 rings (SSSR count). The first-order chi connectivity index (χ1) is 12.9. The number of esters is 1. The number of hydrogen-bond donors (Lipinski definition) is 0. The fourth-order valence-electron chi connectivity index (χ4n) is 2.96. The molecular formula is C22H30N2O2Si. The predicted octanol–water partition coefficient (Wildman–Crippen LogP) is 4.27. The Morgan fingerprint density at radius 1 is 1.11 bits per heavy atom. The van der Waals surface area contributed by atoms with Crippen molar-refractivity contribution in [3.05, 3.63) is 71.3 Å². The minimum absolute atomic E-state index is 0.325. The number of rotatable bonds is 9. The average Bonchev–Trinajstić information content (AvgIpc) is 2.64. The van der Waals surface area contributed by atoms with Crippen LogP contribution in [0.1, 0.15) is 21.5 Å². The molecule has 0 saturated carbocycles. The lowest BCUT2D eigenvalue weighted by atomic mass is 10.1. The minimum atomic E-state index is -1.20. The second-order valence-electron chi connectivity index (χ2n) is 7.91. The van der Waals surface area contributed by atoms with Crippen LogP contribution >= 0.6 is 0 Å². The summed E-state index contributed by atoms with van der Waals surface area (Å²) in [5.41, 5.74) is 2.80. The van der Waals surface area contributed by atoms with Crippen LogP contribution in [0.5, 0.6) is 0 Å². The van der Waals surface area contributed by atoms with E-state index in [9.17, 15) is 4.79 Å². The normalized spacial score (nSPS) is 11.9. The molecule has 27 heavy (non-hydrogen) atoms. The molecule has 0 bridgehead atoms. The van der Waals surface area contributed by atoms with Crippen molar-refractivity contribution < 1.29 is 9.53 Å². The van der Waals surface area contributed by atoms with Crippen molar-refractivity contribution >= 4 is 20.3 Å². The molecule has 0 fully saturated rings. The number of nitrogens with zero attached hydrogens (tertiary/aromatic N) is 2. The van der Waals surface area contributed by atoms with Gasteiger partial charge in [0.1, 0.15) is 0 Å². The molecule has 0 aromatic heterocycles. The fraction of sp³-hybridized carbons (Fsp3) is 0.364. The van der Waals surface area contributed by atoms with E-state index in [1.165, 1.54) is 12.7 Å². The third-order valence-corrected chi connectivity index (χ3v) is 5.44. The van der Waals surface area contributed by atoms with Crippen molar-refractivity contribution in [2.75, 3.05) is 26.4 Å². The van der Waals surface area contributed by atoms with E-state index >= 15 is 0 Å². The zero-order valence-corrected chi connectivity index (χ0v) is 17.8. The number of aliphatic imine (C=N–C) groups is 1. The largest absolute Gasteiger partial charge is 0.465 e. The van der Waals surface area contributed by atoms with E-state index in [0.717, 1.165) is 31.4 Å². The van der Waals surface area contributed by atoms with Crippen molar-refractivity contribution in [1.82, 2.24) is 4.90 Å². The Labute approximate surface area is 163 Å². The Kier molecular flexibility index (Phi) is 7.94. The van der Waals surface area contributed by atoms with Crippen LogP contribution in [0.15, 0.2) is 59.6 Å². The third kappa shape index (κ3) is 7.89. The quantitative estimate of drug-likeness (QED) is 0.369. The molecule has 0 spiro atoms. The van der Waals surface area contributed by atoms with E-state index in [-0.39, 0.29) is 5.97 Å². The van der Waals surface area contributed by atoms with Gasteiger partial charge in [0.05, 0.1) is 27.3 Å². The van der Waals surface area contributed by atoms with Gasteiger partial charge in [-0.15, -0.1) is 0 Å². The minimum Gasteiger partial charge on any atom is -0.465 e. The van der Waals surface area contributed by atoms with E-state index < -0.39 is 8.07 Å². The highest BCUT2D eigenvalue weighted by Gasteiger charge is 2.18. The molecule has 4 nitrogen and oxygen atoms in total. The van der Waals surface area contributed by atoms with E-state index in [1.807, 2.05) is 18.3 Å². The number of benzene rings is 2. The van der Waals surface area contributed by atoms with Crippen molar-refractivity contribution in [2.45, 2.75) is 26.2 Å². The highest BCUT2D eigenvalue weighted by Crippen LogP contribution is 2.10. The van der Waals surface area contributed by atoms with Crippen molar-refractivity contribution in [2.24, 2.45) is 4.99 Å². The Morgan fingerprint density at radius 2 is 1.85 bits per heavy atom. The van der Waals surface area contributed by atoms with Crippen molar-refractivity contribution in [1.29, 1.82) is 0 Å². The molecule has 0 N–H and O–H groups in total. The molecule has 144 valence electrons. The van der Waals surface area contributed by atoms with Gasteiger partial charge in [-0.25, -0.2) is 4.79 Å². The smallest absolute Gasteiger partial charge is 0.337 e. The van der Waals surface area contributed by atoms with Crippen LogP contribution in [0.25, 0.3) is 0 Å². The third-order valence-electron chi connectivity index (χ3n) is 4.04. The molecule has 0 aliphatic carbocycles. The van der Waals surface area contributed by atoms with Crippen LogP contribution in [0.4, 0.5) is 0 Å². The first-order valence-electron chi connectivity index (χ1n) is 9.32. The van der Waals surface area contributed by atoms with E-state index in [0.29, 0.717) is 5.56 Å². The number of carbonyl (C=O) groups is 1. The standard InChI is InChI=1S/C22H30N2O2Si/c1-26-22(25)21-12-8-11-20(15-21)16-23-13-14-24(18-27(2,3)4)17-19-9-6-5-7-10-19/h5-12,15-16H,13-14,17-18H2,1-4H3. The maximum Gasteiger partial charge on any atom is 0.337 e. The second kappa shape index (κ2) is 10.2. The van der Waals surface area contributed by atoms with Gasteiger partial charge in [-0.3, -0.25) is 4.99 Å². The van der Waals surface area contributed by atoms with Crippen molar-refractivity contribution in [3.63, 3.8) is 0 Å². The SMILES string of the molecule is COC(=O)c1cccc(C=NCCN(Cc2ccccc2)C[Si](C)(C)C)c1. The molecule has 0 aliphatic rings. The Balaban J connectivity index is 1.96. The molecule has 0 atom stereocenters. The van der Waals surface area contributed by atoms with Crippen LogP contribution < -0.4 is 0 Å². The fourth-order valence-corrected chi connectivity index (χ4v) is 4.57. The highest BCUT2D eigenvalue weighted by atomic mass is 28.3. The van der Waals surface area contributed by atoms with E-state index in [1.54, 1.807) is 12.1 Å². The van der Waals surface area contributed by atoms with Gasteiger partial charge in [0, 0.05) is 19.3 Å². The monoisotopic (exact) mass is 382 g/mol. The van der Waals surface area contributed by atoms with Gasteiger partial charge >= 0.3 is 5.97 Å². The molecule has 0 radical (unpaired) electrons. The summed E-state index contributed by atoms with van der Waals surface area (Å²) in [7, 11) is 0.192. The molecule has 0 heterocycles. The lowest BCUT2D eigenvalue weighted by Gasteiger charge is -2.28. The van der Waals surface area contributed by atoms with Crippen LogP contribution in [0.3, 0.4) is 0 Å². The van der Waals surface area contributed by atoms with Gasteiger partial charge in [-0.05, 0) is 29.4 Å². The highest BCUT2D eigenvalue weighted by molar-refractivity contribution is 6.76. The molecule has 2 aromatic carbocycles. The number of carbonyl (C=O) groups excluding carboxylic acids is 1. The number of hydrogen-bond acceptors (Lipinski definition) is 4. The maximum atomic E-state index is 11.6. The molecule has 0 unspecified atom stereocenters. The summed E-state index contributed by atoms with van der Waals surface area (Å²) in [5.74, 6) is -0.325. The second-order valence-corrected chi connectivity index (χ2v) is 13.3. The van der Waals surface area contributed by atoms with Gasteiger partial charge < -0.3 is 9.64 Å². The zero-order chi connectivity index (χ0) is 19.7. The summed E-state index contributed by atoms with van der Waals surface area (Å²) in [6, 6.07) is 17.9. The molecule has 2 aromatic rings. The summed E-state index contributed by atoms with van der Waals surface area (Å²) in [6.45, 7) is 9.80. The van der Waals surface area contributed by atoms with Crippen LogP contribution in [-0.2, 0) is 11.3 Å².